The number of primary amides is 1. The van der Waals surface area contributed by atoms with E-state index in [0.717, 1.165) is 11.8 Å². The van der Waals surface area contributed by atoms with Gasteiger partial charge in [0.15, 0.2) is 0 Å². The molecule has 0 spiro atoms. The number of esters is 1. The van der Waals surface area contributed by atoms with Gasteiger partial charge >= 0.3 is 5.97 Å². The van der Waals surface area contributed by atoms with Crippen molar-refractivity contribution >= 4 is 35.3 Å². The van der Waals surface area contributed by atoms with Gasteiger partial charge in [-0.15, -0.1) is 11.8 Å². The van der Waals surface area contributed by atoms with E-state index in [9.17, 15) is 19.2 Å². The fourth-order valence-electron chi connectivity index (χ4n) is 1.14. The average molecular weight is 320 g/mol. The van der Waals surface area contributed by atoms with Gasteiger partial charge in [-0.05, 0) is 6.92 Å². The number of hydrogen-bond acceptors (Lipinski definition) is 6. The van der Waals surface area contributed by atoms with Crippen LogP contribution in [0.25, 0.3) is 0 Å². The number of ketones is 1. The van der Waals surface area contributed by atoms with Crippen LogP contribution in [0.4, 0.5) is 0 Å². The smallest absolute Gasteiger partial charge is 0.329 e. The van der Waals surface area contributed by atoms with Gasteiger partial charge in [-0.3, -0.25) is 9.59 Å². The number of nitrogens with one attached hydrogen (secondary N) is 1. The molecule has 0 rings (SSSR count). The van der Waals surface area contributed by atoms with E-state index in [1.165, 1.54) is 14.0 Å². The second-order valence-corrected chi connectivity index (χ2v) is 4.86. The third kappa shape index (κ3) is 13.2. The normalized spacial score (nSPS) is 10.7. The second-order valence-electron chi connectivity index (χ2n) is 3.83. The van der Waals surface area contributed by atoms with Crippen molar-refractivity contribution in [2.75, 3.05) is 18.6 Å². The number of carbonyl (C=O) groups excluding carboxylic acids is 4. The fraction of sp³-hybridized carbons (Fsp3) is 0.692. The molecule has 0 saturated heterocycles. The Morgan fingerprint density at radius 1 is 1.19 bits per heavy atom. The van der Waals surface area contributed by atoms with Crippen LogP contribution in [0, 0.1) is 0 Å². The van der Waals surface area contributed by atoms with Gasteiger partial charge in [-0.25, -0.2) is 4.79 Å². The summed E-state index contributed by atoms with van der Waals surface area (Å²) in [6.07, 6.45) is 0.136. The zero-order chi connectivity index (χ0) is 16.8. The van der Waals surface area contributed by atoms with Crippen molar-refractivity contribution in [2.45, 2.75) is 39.7 Å². The Kier molecular flexibility index (Phi) is 13.9. The van der Waals surface area contributed by atoms with Gasteiger partial charge in [0.1, 0.15) is 11.8 Å². The van der Waals surface area contributed by atoms with E-state index < -0.39 is 23.8 Å². The van der Waals surface area contributed by atoms with Crippen molar-refractivity contribution in [2.24, 2.45) is 5.73 Å². The van der Waals surface area contributed by atoms with Gasteiger partial charge in [-0.2, -0.15) is 0 Å². The molecule has 8 heteroatoms. The zero-order valence-corrected chi connectivity index (χ0v) is 13.7. The Bertz CT molecular complexity index is 360. The summed E-state index contributed by atoms with van der Waals surface area (Å²) in [7, 11) is 1.20. The molecule has 21 heavy (non-hydrogen) atoms. The highest BCUT2D eigenvalue weighted by atomic mass is 32.2. The molecule has 7 nitrogen and oxygen atoms in total. The van der Waals surface area contributed by atoms with E-state index in [4.69, 9.17) is 5.73 Å². The van der Waals surface area contributed by atoms with Crippen LogP contribution < -0.4 is 11.1 Å². The van der Waals surface area contributed by atoms with Crippen molar-refractivity contribution in [1.29, 1.82) is 0 Å². The maximum Gasteiger partial charge on any atom is 0.329 e. The number of nitrogens with two attached hydrogens (primary N) is 1. The number of hydrogen-bond donors (Lipinski definition) is 2. The van der Waals surface area contributed by atoms with E-state index >= 15 is 0 Å². The largest absolute Gasteiger partial charge is 0.467 e. The summed E-state index contributed by atoms with van der Waals surface area (Å²) in [4.78, 5) is 44.3. The van der Waals surface area contributed by atoms with Crippen LogP contribution in [-0.2, 0) is 23.9 Å². The maximum atomic E-state index is 11.5. The van der Waals surface area contributed by atoms with Crippen LogP contribution in [0.15, 0.2) is 0 Å². The lowest BCUT2D eigenvalue weighted by molar-refractivity contribution is -0.144. The molecule has 0 saturated carbocycles. The van der Waals surface area contributed by atoms with Crippen molar-refractivity contribution in [3.63, 3.8) is 0 Å². The molecule has 0 bridgehead atoms. The van der Waals surface area contributed by atoms with Gasteiger partial charge in [-0.1, -0.05) is 13.8 Å². The van der Waals surface area contributed by atoms with Gasteiger partial charge in [0, 0.05) is 18.6 Å². The first-order valence-corrected chi connectivity index (χ1v) is 7.75. The minimum atomic E-state index is -0.853. The van der Waals surface area contributed by atoms with Crippen LogP contribution in [0.2, 0.25) is 0 Å². The van der Waals surface area contributed by atoms with Gasteiger partial charge in [0.25, 0.3) is 0 Å². The molecule has 0 aromatic rings. The van der Waals surface area contributed by atoms with Crippen LogP contribution in [0.5, 0.6) is 0 Å². The molecular weight excluding hydrogens is 296 g/mol. The molecule has 3 N–H and O–H groups in total. The Morgan fingerprint density at radius 2 is 1.76 bits per heavy atom. The van der Waals surface area contributed by atoms with Crippen LogP contribution >= 0.6 is 11.8 Å². The Labute approximate surface area is 129 Å². The quantitative estimate of drug-likeness (QED) is 0.589. The highest BCUT2D eigenvalue weighted by Crippen LogP contribution is 2.04. The predicted octanol–water partition coefficient (Wildman–Crippen LogP) is 0.258. The van der Waals surface area contributed by atoms with Crippen molar-refractivity contribution in [3.05, 3.63) is 0 Å². The Morgan fingerprint density at radius 3 is 2.19 bits per heavy atom. The topological polar surface area (TPSA) is 116 Å². The first-order chi connectivity index (χ1) is 9.86. The molecule has 1 atom stereocenters. The number of thioether (sulfide) groups is 1. The summed E-state index contributed by atoms with van der Waals surface area (Å²) in [5, 5.41) is 2.46. The number of Topliss-reactive ketones (excluding diaryl/α,β-unsaturated/α-hetero) is 1. The molecule has 0 aromatic heterocycles. The summed E-state index contributed by atoms with van der Waals surface area (Å²) in [5.74, 6) is -1.39. The number of methoxy groups -OCH3 is 1. The minimum absolute atomic E-state index is 0.0172. The standard InChI is InChI=1S/C11H18N2O5S.C2H6/c1-7(14)3-4-10(16)13-8(11(17)18-2)5-19-6-9(12)15;1-2/h8H,3-6H2,1-2H3,(H2,12,15)(H,13,16);1-2H3. The molecule has 0 fully saturated rings. The monoisotopic (exact) mass is 320 g/mol. The lowest BCUT2D eigenvalue weighted by Gasteiger charge is -2.15. The zero-order valence-electron chi connectivity index (χ0n) is 12.9. The van der Waals surface area contributed by atoms with E-state index in [-0.39, 0.29) is 30.1 Å². The number of amides is 2. The highest BCUT2D eigenvalue weighted by Gasteiger charge is 2.21. The molecular formula is C13H24N2O5S. The molecule has 2 amide bonds. The third-order valence-corrected chi connectivity index (χ3v) is 3.11. The number of carbonyl (C=O) groups is 4. The molecule has 0 radical (unpaired) electrons. The van der Waals surface area contributed by atoms with E-state index in [0.29, 0.717) is 0 Å². The SMILES string of the molecule is CC.COC(=O)C(CSCC(N)=O)NC(=O)CCC(C)=O. The van der Waals surface area contributed by atoms with Crippen molar-refractivity contribution in [1.82, 2.24) is 5.32 Å². The van der Waals surface area contributed by atoms with E-state index in [2.05, 4.69) is 10.1 Å². The summed E-state index contributed by atoms with van der Waals surface area (Å²) in [6.45, 7) is 5.38. The third-order valence-electron chi connectivity index (χ3n) is 2.05. The van der Waals surface area contributed by atoms with Crippen LogP contribution in [0.3, 0.4) is 0 Å². The second kappa shape index (κ2) is 13.4. The molecule has 0 heterocycles. The van der Waals surface area contributed by atoms with Crippen LogP contribution in [-0.4, -0.2) is 48.2 Å². The summed E-state index contributed by atoms with van der Waals surface area (Å²) in [6, 6.07) is -0.853. The van der Waals surface area contributed by atoms with Crippen LogP contribution in [0.1, 0.15) is 33.6 Å². The van der Waals surface area contributed by atoms with E-state index in [1.54, 1.807) is 0 Å². The number of rotatable bonds is 9. The molecule has 0 aliphatic rings. The number of ether oxygens (including phenoxy) is 1. The van der Waals surface area contributed by atoms with Crippen molar-refractivity contribution < 1.29 is 23.9 Å². The Balaban J connectivity index is 0. The fourth-order valence-corrected chi connectivity index (χ4v) is 1.92. The molecule has 0 aliphatic carbocycles. The van der Waals surface area contributed by atoms with E-state index in [1.807, 2.05) is 13.8 Å². The molecule has 0 aromatic carbocycles. The first kappa shape index (κ1) is 21.7. The average Bonchev–Trinajstić information content (AvgIpc) is 2.45. The first-order valence-electron chi connectivity index (χ1n) is 6.59. The lowest BCUT2D eigenvalue weighted by Crippen LogP contribution is -2.43. The molecule has 122 valence electrons. The Hall–Kier alpha value is -1.57. The molecule has 1 unspecified atom stereocenters. The maximum absolute atomic E-state index is 11.5. The molecule has 0 aliphatic heterocycles. The van der Waals surface area contributed by atoms with Gasteiger partial charge < -0.3 is 20.6 Å². The lowest BCUT2D eigenvalue weighted by atomic mass is 10.2. The predicted molar refractivity (Wildman–Crippen MR) is 81.7 cm³/mol. The minimum Gasteiger partial charge on any atom is -0.467 e. The summed E-state index contributed by atoms with van der Waals surface area (Å²) in [5.41, 5.74) is 4.97. The highest BCUT2D eigenvalue weighted by molar-refractivity contribution is 8.00. The summed E-state index contributed by atoms with van der Waals surface area (Å²) < 4.78 is 4.55. The summed E-state index contributed by atoms with van der Waals surface area (Å²) >= 11 is 1.12. The van der Waals surface area contributed by atoms with Crippen molar-refractivity contribution in [3.8, 4) is 0 Å². The van der Waals surface area contributed by atoms with Gasteiger partial charge in [0.2, 0.25) is 11.8 Å². The van der Waals surface area contributed by atoms with Gasteiger partial charge in [0.05, 0.1) is 12.9 Å².